The Morgan fingerprint density at radius 3 is 2.00 bits per heavy atom. The summed E-state index contributed by atoms with van der Waals surface area (Å²) >= 11 is 0. The number of para-hydroxylation sites is 2. The van der Waals surface area contributed by atoms with E-state index in [0.717, 1.165) is 16.6 Å². The zero-order valence-corrected chi connectivity index (χ0v) is 19.0. The summed E-state index contributed by atoms with van der Waals surface area (Å²) < 4.78 is 11.0. The standard InChI is InChI=1S/C26H28BNO4/c1-6-20-13-10-16-23(29-4)25(20)31-28(7-2)32-26-21(14-11-17-24(26)30-5)18-27-22-15-9-8-12-19(22)3/h6,8-18H,1,7H2,2-5H3. The third-order valence-electron chi connectivity index (χ3n) is 4.95. The van der Waals surface area contributed by atoms with Crippen LogP contribution in [0.15, 0.2) is 67.2 Å². The molecule has 0 amide bonds. The molecule has 0 heterocycles. The molecule has 32 heavy (non-hydrogen) atoms. The van der Waals surface area contributed by atoms with Crippen molar-refractivity contribution in [3.05, 3.63) is 83.9 Å². The fraction of sp³-hybridized carbons (Fsp3) is 0.192. The predicted octanol–water partition coefficient (Wildman–Crippen LogP) is 4.44. The summed E-state index contributed by atoms with van der Waals surface area (Å²) in [5.74, 6) is 4.27. The van der Waals surface area contributed by atoms with Crippen molar-refractivity contribution in [2.24, 2.45) is 0 Å². The van der Waals surface area contributed by atoms with Crippen LogP contribution in [0.5, 0.6) is 23.0 Å². The van der Waals surface area contributed by atoms with Crippen molar-refractivity contribution in [1.29, 1.82) is 0 Å². The molecule has 0 atom stereocenters. The normalized spacial score (nSPS) is 10.7. The minimum atomic E-state index is 0.452. The topological polar surface area (TPSA) is 40.2 Å². The van der Waals surface area contributed by atoms with Gasteiger partial charge < -0.3 is 0 Å². The van der Waals surface area contributed by atoms with Gasteiger partial charge in [-0.05, 0) is 0 Å². The van der Waals surface area contributed by atoms with Crippen LogP contribution in [-0.2, 0) is 0 Å². The molecular formula is C26H28BNO4. The number of nitrogens with zero attached hydrogens (tertiary/aromatic N) is 1. The Labute approximate surface area is 190 Å². The van der Waals surface area contributed by atoms with Gasteiger partial charge >= 0.3 is 190 Å². The van der Waals surface area contributed by atoms with Crippen LogP contribution in [0.2, 0.25) is 0 Å². The van der Waals surface area contributed by atoms with Gasteiger partial charge in [0, 0.05) is 0 Å². The van der Waals surface area contributed by atoms with E-state index in [1.807, 2.05) is 61.4 Å². The summed E-state index contributed by atoms with van der Waals surface area (Å²) in [6, 6.07) is 19.6. The van der Waals surface area contributed by atoms with E-state index < -0.39 is 0 Å². The molecule has 6 heteroatoms. The second-order valence-corrected chi connectivity index (χ2v) is 6.98. The van der Waals surface area contributed by atoms with Crippen molar-refractivity contribution in [1.82, 2.24) is 5.23 Å². The van der Waals surface area contributed by atoms with Crippen LogP contribution in [0.3, 0.4) is 0 Å². The molecule has 5 nitrogen and oxygen atoms in total. The minimum absolute atomic E-state index is 0.452. The molecule has 3 rings (SSSR count). The number of benzene rings is 3. The van der Waals surface area contributed by atoms with Gasteiger partial charge in [-0.25, -0.2) is 0 Å². The van der Waals surface area contributed by atoms with E-state index in [0.29, 0.717) is 29.5 Å². The van der Waals surface area contributed by atoms with E-state index >= 15 is 0 Å². The van der Waals surface area contributed by atoms with Crippen molar-refractivity contribution in [2.75, 3.05) is 20.8 Å². The number of rotatable bonds is 10. The Kier molecular flexibility index (Phi) is 8.11. The van der Waals surface area contributed by atoms with Gasteiger partial charge in [0.1, 0.15) is 0 Å². The van der Waals surface area contributed by atoms with E-state index in [1.54, 1.807) is 20.3 Å². The summed E-state index contributed by atoms with van der Waals surface area (Å²) in [7, 11) is 3.21. The van der Waals surface area contributed by atoms with Crippen molar-refractivity contribution >= 4 is 24.4 Å². The van der Waals surface area contributed by atoms with Gasteiger partial charge in [-0.2, -0.15) is 0 Å². The first-order valence-electron chi connectivity index (χ1n) is 10.4. The molecule has 164 valence electrons. The molecule has 0 saturated carbocycles. The molecule has 0 saturated heterocycles. The summed E-state index contributed by atoms with van der Waals surface area (Å²) in [5.41, 5.74) is 3.99. The first kappa shape index (κ1) is 23.2. The number of ether oxygens (including phenoxy) is 2. The maximum absolute atomic E-state index is 6.18. The molecular weight excluding hydrogens is 401 g/mol. The maximum atomic E-state index is 6.18. The number of hydrogen-bond acceptors (Lipinski definition) is 5. The first-order chi connectivity index (χ1) is 15.6. The second-order valence-electron chi connectivity index (χ2n) is 6.98. The van der Waals surface area contributed by atoms with Gasteiger partial charge in [-0.1, -0.05) is 0 Å². The number of methoxy groups -OCH3 is 2. The van der Waals surface area contributed by atoms with Gasteiger partial charge in [0.15, 0.2) is 0 Å². The van der Waals surface area contributed by atoms with Crippen molar-refractivity contribution in [3.8, 4) is 23.0 Å². The van der Waals surface area contributed by atoms with Crippen LogP contribution in [0, 0.1) is 6.92 Å². The Morgan fingerprint density at radius 2 is 1.44 bits per heavy atom. The van der Waals surface area contributed by atoms with Gasteiger partial charge in [0.2, 0.25) is 0 Å². The van der Waals surface area contributed by atoms with Gasteiger partial charge in [0.05, 0.1) is 0 Å². The third kappa shape index (κ3) is 5.40. The monoisotopic (exact) mass is 429 g/mol. The van der Waals surface area contributed by atoms with E-state index in [2.05, 4.69) is 32.6 Å². The Balaban J connectivity index is 1.93. The average Bonchev–Trinajstić information content (AvgIpc) is 2.83. The summed E-state index contributed by atoms with van der Waals surface area (Å²) in [4.78, 5) is 12.3. The zero-order valence-electron chi connectivity index (χ0n) is 19.0. The van der Waals surface area contributed by atoms with E-state index in [9.17, 15) is 0 Å². The van der Waals surface area contributed by atoms with E-state index in [4.69, 9.17) is 19.1 Å². The average molecular weight is 429 g/mol. The van der Waals surface area contributed by atoms with Gasteiger partial charge in [-0.3, -0.25) is 0 Å². The SMILES string of the molecule is C=Cc1cccc(OC)c1ON(CC)Oc1c(C=Bc2ccccc2C)cccc1OC. The third-order valence-corrected chi connectivity index (χ3v) is 4.95. The molecule has 0 aromatic heterocycles. The second kappa shape index (κ2) is 11.2. The Morgan fingerprint density at radius 1 is 0.844 bits per heavy atom. The molecule has 0 aliphatic heterocycles. The van der Waals surface area contributed by atoms with E-state index in [1.165, 1.54) is 10.8 Å². The Hall–Kier alpha value is -3.51. The van der Waals surface area contributed by atoms with Crippen LogP contribution >= 0.6 is 0 Å². The Bertz CT molecular complexity index is 1100. The van der Waals surface area contributed by atoms with Crippen LogP contribution in [0.25, 0.3) is 6.08 Å². The first-order valence-corrected chi connectivity index (χ1v) is 10.4. The van der Waals surface area contributed by atoms with Crippen LogP contribution < -0.4 is 24.6 Å². The zero-order chi connectivity index (χ0) is 22.9. The van der Waals surface area contributed by atoms with E-state index in [-0.39, 0.29) is 0 Å². The molecule has 3 aromatic carbocycles. The molecule has 3 aromatic rings. The molecule has 0 radical (unpaired) electrons. The molecule has 0 unspecified atom stereocenters. The summed E-state index contributed by atoms with van der Waals surface area (Å²) in [6.07, 6.45) is 1.71. The number of hydroxylamine groups is 2. The molecule has 0 bridgehead atoms. The van der Waals surface area contributed by atoms with Crippen molar-refractivity contribution in [3.63, 3.8) is 0 Å². The predicted molar refractivity (Wildman–Crippen MR) is 131 cm³/mol. The van der Waals surface area contributed by atoms with Crippen molar-refractivity contribution < 1.29 is 19.1 Å². The summed E-state index contributed by atoms with van der Waals surface area (Å²) in [6.45, 7) is 10.4. The molecule has 0 fully saturated rings. The van der Waals surface area contributed by atoms with Crippen LogP contribution in [-0.4, -0.2) is 38.9 Å². The van der Waals surface area contributed by atoms with Gasteiger partial charge in [-0.15, -0.1) is 0 Å². The fourth-order valence-electron chi connectivity index (χ4n) is 3.18. The molecule has 0 N–H and O–H groups in total. The molecule has 0 aliphatic carbocycles. The van der Waals surface area contributed by atoms with Gasteiger partial charge in [0.25, 0.3) is 0 Å². The molecule has 0 spiro atoms. The quantitative estimate of drug-likeness (QED) is 0.352. The fourth-order valence-corrected chi connectivity index (χ4v) is 3.18. The summed E-state index contributed by atoms with van der Waals surface area (Å²) in [5, 5.41) is 1.40. The number of hydrogen-bond donors (Lipinski definition) is 0. The van der Waals surface area contributed by atoms with Crippen LogP contribution in [0.4, 0.5) is 0 Å². The number of aryl methyl sites for hydroxylation is 1. The van der Waals surface area contributed by atoms with Crippen LogP contribution in [0.1, 0.15) is 23.6 Å². The van der Waals surface area contributed by atoms with Crippen molar-refractivity contribution in [2.45, 2.75) is 13.8 Å². The molecule has 0 aliphatic rings.